The second kappa shape index (κ2) is 6.49. The summed E-state index contributed by atoms with van der Waals surface area (Å²) in [7, 11) is -3.10. The smallest absolute Gasteiger partial charge is 0.221 e. The fourth-order valence-electron chi connectivity index (χ4n) is 1.36. The first-order valence-corrected chi connectivity index (χ1v) is 7.62. The van der Waals surface area contributed by atoms with E-state index in [1.807, 2.05) is 0 Å². The molecule has 0 spiro atoms. The third-order valence-corrected chi connectivity index (χ3v) is 3.29. The van der Waals surface area contributed by atoms with E-state index in [9.17, 15) is 17.6 Å². The zero-order valence-electron chi connectivity index (χ0n) is 10.1. The number of sulfone groups is 1. The fraction of sp³-hybridized carbons (Fsp3) is 0.417. The number of nitrogens with one attached hydrogen (secondary N) is 1. The van der Waals surface area contributed by atoms with Crippen LogP contribution < -0.4 is 5.32 Å². The van der Waals surface area contributed by atoms with Gasteiger partial charge in [-0.15, -0.1) is 0 Å². The van der Waals surface area contributed by atoms with Crippen LogP contribution in [0.15, 0.2) is 24.3 Å². The summed E-state index contributed by atoms with van der Waals surface area (Å²) >= 11 is 0. The summed E-state index contributed by atoms with van der Waals surface area (Å²) in [6, 6.07) is 6.03. The molecular weight excluding hydrogens is 257 g/mol. The number of hydrogen-bond acceptors (Lipinski definition) is 3. The number of rotatable bonds is 6. The Balaban J connectivity index is 2.25. The molecule has 0 aliphatic heterocycles. The van der Waals surface area contributed by atoms with Gasteiger partial charge in [0.25, 0.3) is 0 Å². The van der Waals surface area contributed by atoms with Crippen molar-refractivity contribution in [1.82, 2.24) is 5.32 Å². The highest BCUT2D eigenvalue weighted by Gasteiger charge is 2.07. The molecule has 1 rings (SSSR count). The highest BCUT2D eigenvalue weighted by atomic mass is 32.2. The molecule has 6 heteroatoms. The monoisotopic (exact) mass is 273 g/mol. The number of hydrogen-bond donors (Lipinski definition) is 1. The van der Waals surface area contributed by atoms with Gasteiger partial charge < -0.3 is 5.32 Å². The summed E-state index contributed by atoms with van der Waals surface area (Å²) in [4.78, 5) is 11.3. The van der Waals surface area contributed by atoms with E-state index in [2.05, 4.69) is 5.32 Å². The predicted octanol–water partition coefficient (Wildman–Crippen LogP) is 0.919. The van der Waals surface area contributed by atoms with Gasteiger partial charge in [0.05, 0.1) is 5.75 Å². The summed E-state index contributed by atoms with van der Waals surface area (Å²) < 4.78 is 34.3. The van der Waals surface area contributed by atoms with Gasteiger partial charge >= 0.3 is 0 Å². The summed E-state index contributed by atoms with van der Waals surface area (Å²) in [6.07, 6.45) is 1.66. The van der Waals surface area contributed by atoms with Gasteiger partial charge in [-0.2, -0.15) is 0 Å². The van der Waals surface area contributed by atoms with Gasteiger partial charge in [-0.25, -0.2) is 12.8 Å². The second-order valence-electron chi connectivity index (χ2n) is 4.11. The lowest BCUT2D eigenvalue weighted by Gasteiger charge is -2.05. The van der Waals surface area contributed by atoms with Gasteiger partial charge in [0.2, 0.25) is 5.91 Å². The molecule has 1 amide bonds. The van der Waals surface area contributed by atoms with Crippen LogP contribution in [0.3, 0.4) is 0 Å². The molecule has 18 heavy (non-hydrogen) atoms. The standard InChI is InChI=1S/C12H16FNO3S/c1-18(16,17)9-7-12(15)14-8-6-10-2-4-11(13)5-3-10/h2-5H,6-9H2,1H3,(H,14,15). The number of halogens is 1. The van der Waals surface area contributed by atoms with Gasteiger partial charge in [0.15, 0.2) is 0 Å². The molecule has 0 unspecified atom stereocenters. The Kier molecular flexibility index (Phi) is 5.27. The van der Waals surface area contributed by atoms with Crippen LogP contribution in [0.25, 0.3) is 0 Å². The molecule has 1 aromatic rings. The van der Waals surface area contributed by atoms with E-state index >= 15 is 0 Å². The van der Waals surface area contributed by atoms with Gasteiger partial charge in [-0.3, -0.25) is 4.79 Å². The maximum absolute atomic E-state index is 12.6. The van der Waals surface area contributed by atoms with E-state index in [1.54, 1.807) is 12.1 Å². The molecule has 1 aromatic carbocycles. The van der Waals surface area contributed by atoms with Crippen molar-refractivity contribution in [3.8, 4) is 0 Å². The first kappa shape index (κ1) is 14.6. The zero-order chi connectivity index (χ0) is 13.6. The van der Waals surface area contributed by atoms with Crippen molar-refractivity contribution in [3.05, 3.63) is 35.6 Å². The molecule has 4 nitrogen and oxygen atoms in total. The van der Waals surface area contributed by atoms with Gasteiger partial charge in [-0.05, 0) is 24.1 Å². The van der Waals surface area contributed by atoms with E-state index in [0.29, 0.717) is 13.0 Å². The van der Waals surface area contributed by atoms with Crippen molar-refractivity contribution >= 4 is 15.7 Å². The van der Waals surface area contributed by atoms with E-state index in [-0.39, 0.29) is 23.9 Å². The molecular formula is C12H16FNO3S. The molecule has 0 radical (unpaired) electrons. The van der Waals surface area contributed by atoms with Crippen molar-refractivity contribution < 1.29 is 17.6 Å². The molecule has 100 valence electrons. The lowest BCUT2D eigenvalue weighted by Crippen LogP contribution is -2.27. The Morgan fingerprint density at radius 3 is 2.44 bits per heavy atom. The lowest BCUT2D eigenvalue weighted by atomic mass is 10.1. The minimum absolute atomic E-state index is 0.0255. The van der Waals surface area contributed by atoms with Crippen LogP contribution in [0.1, 0.15) is 12.0 Å². The molecule has 1 N–H and O–H groups in total. The first-order valence-electron chi connectivity index (χ1n) is 5.56. The first-order chi connectivity index (χ1) is 8.37. The SMILES string of the molecule is CS(=O)(=O)CCC(=O)NCCc1ccc(F)cc1. The summed E-state index contributed by atoms with van der Waals surface area (Å²) in [6.45, 7) is 0.411. The average molecular weight is 273 g/mol. The van der Waals surface area contributed by atoms with Crippen molar-refractivity contribution in [1.29, 1.82) is 0 Å². The highest BCUT2D eigenvalue weighted by molar-refractivity contribution is 7.90. The Bertz CT molecular complexity index is 497. The summed E-state index contributed by atoms with van der Waals surface area (Å²) in [5.74, 6) is -0.728. The fourth-order valence-corrected chi connectivity index (χ4v) is 1.92. The predicted molar refractivity (Wildman–Crippen MR) is 67.4 cm³/mol. The van der Waals surface area contributed by atoms with E-state index < -0.39 is 9.84 Å². The number of amides is 1. The third kappa shape index (κ3) is 6.34. The molecule has 0 heterocycles. The van der Waals surface area contributed by atoms with Crippen LogP contribution >= 0.6 is 0 Å². The van der Waals surface area contributed by atoms with Crippen molar-refractivity contribution in [2.75, 3.05) is 18.6 Å². The minimum atomic E-state index is -3.10. The third-order valence-electron chi connectivity index (χ3n) is 2.35. The molecule has 0 atom stereocenters. The second-order valence-corrected chi connectivity index (χ2v) is 6.37. The number of benzene rings is 1. The Hall–Kier alpha value is -1.43. The van der Waals surface area contributed by atoms with Crippen LogP contribution in [0.4, 0.5) is 4.39 Å². The Morgan fingerprint density at radius 2 is 1.89 bits per heavy atom. The molecule has 0 fully saturated rings. The Labute approximate surface area is 106 Å². The lowest BCUT2D eigenvalue weighted by molar-refractivity contribution is -0.120. The van der Waals surface area contributed by atoms with E-state index in [1.165, 1.54) is 12.1 Å². The van der Waals surface area contributed by atoms with Crippen LogP contribution in [-0.4, -0.2) is 32.9 Å². The maximum atomic E-state index is 12.6. The van der Waals surface area contributed by atoms with Crippen LogP contribution in [0, 0.1) is 5.82 Å². The summed E-state index contributed by atoms with van der Waals surface area (Å²) in [5.41, 5.74) is 0.916. The molecule has 0 aromatic heterocycles. The maximum Gasteiger partial charge on any atom is 0.221 e. The molecule has 0 aliphatic carbocycles. The highest BCUT2D eigenvalue weighted by Crippen LogP contribution is 2.02. The summed E-state index contributed by atoms with van der Waals surface area (Å²) in [5, 5.41) is 2.62. The van der Waals surface area contributed by atoms with E-state index in [0.717, 1.165) is 11.8 Å². The molecule has 0 bridgehead atoms. The molecule has 0 saturated carbocycles. The minimum Gasteiger partial charge on any atom is -0.356 e. The molecule has 0 aliphatic rings. The van der Waals surface area contributed by atoms with Crippen LogP contribution in [0.2, 0.25) is 0 Å². The average Bonchev–Trinajstić information content (AvgIpc) is 2.28. The van der Waals surface area contributed by atoms with Gasteiger partial charge in [0, 0.05) is 19.2 Å². The van der Waals surface area contributed by atoms with Crippen molar-refractivity contribution in [2.45, 2.75) is 12.8 Å². The van der Waals surface area contributed by atoms with E-state index in [4.69, 9.17) is 0 Å². The number of carbonyl (C=O) groups is 1. The van der Waals surface area contributed by atoms with Gasteiger partial charge in [-0.1, -0.05) is 12.1 Å². The molecule has 0 saturated heterocycles. The van der Waals surface area contributed by atoms with Crippen molar-refractivity contribution in [2.24, 2.45) is 0 Å². The van der Waals surface area contributed by atoms with Crippen molar-refractivity contribution in [3.63, 3.8) is 0 Å². The van der Waals surface area contributed by atoms with Crippen LogP contribution in [0.5, 0.6) is 0 Å². The normalized spacial score (nSPS) is 11.2. The quantitative estimate of drug-likeness (QED) is 0.838. The number of carbonyl (C=O) groups excluding carboxylic acids is 1. The largest absolute Gasteiger partial charge is 0.356 e. The topological polar surface area (TPSA) is 63.2 Å². The zero-order valence-corrected chi connectivity index (χ0v) is 11.0. The van der Waals surface area contributed by atoms with Gasteiger partial charge in [0.1, 0.15) is 15.7 Å². The van der Waals surface area contributed by atoms with Crippen LogP contribution in [-0.2, 0) is 21.1 Å². The Morgan fingerprint density at radius 1 is 1.28 bits per heavy atom.